The van der Waals surface area contributed by atoms with E-state index >= 15 is 0 Å². The van der Waals surface area contributed by atoms with E-state index in [0.717, 1.165) is 42.0 Å². The minimum absolute atomic E-state index is 0.0578. The monoisotopic (exact) mass is 499 g/mol. The number of nitrogen functional groups attached to an aromatic ring is 1. The van der Waals surface area contributed by atoms with Crippen LogP contribution in [0.2, 0.25) is 0 Å². The smallest absolute Gasteiger partial charge is 0.256 e. The first-order valence-corrected chi connectivity index (χ1v) is 12.8. The van der Waals surface area contributed by atoms with Gasteiger partial charge in [0.25, 0.3) is 5.91 Å². The number of ether oxygens (including phenoxy) is 3. The van der Waals surface area contributed by atoms with Crippen molar-refractivity contribution in [3.8, 4) is 23.0 Å². The number of hydrogen-bond acceptors (Lipinski definition) is 6. The van der Waals surface area contributed by atoms with Gasteiger partial charge >= 0.3 is 0 Å². The Labute approximate surface area is 217 Å². The summed E-state index contributed by atoms with van der Waals surface area (Å²) in [4.78, 5) is 19.5. The lowest BCUT2D eigenvalue weighted by atomic mass is 10.1. The third-order valence-corrected chi connectivity index (χ3v) is 6.98. The van der Waals surface area contributed by atoms with Crippen LogP contribution in [0.3, 0.4) is 0 Å². The van der Waals surface area contributed by atoms with E-state index in [2.05, 4.69) is 18.8 Å². The number of amides is 1. The number of hydrogen-bond donors (Lipinski definition) is 1. The van der Waals surface area contributed by atoms with Crippen molar-refractivity contribution in [2.75, 3.05) is 25.5 Å². The van der Waals surface area contributed by atoms with Gasteiger partial charge in [-0.05, 0) is 80.6 Å². The van der Waals surface area contributed by atoms with E-state index in [4.69, 9.17) is 19.9 Å². The first-order chi connectivity index (χ1) is 17.9. The number of anilines is 1. The van der Waals surface area contributed by atoms with Crippen molar-refractivity contribution in [3.63, 3.8) is 0 Å². The standard InChI is InChI=1S/C30H33N3O4/c1-19-7-8-24(14-20(19)2)37-29-16-23(9-10-26(29)31)35-12-5-13-36-28-17-27-25(15-21(28)3)30(34)33-11-4-6-22(33)18-32-27/h7-10,14-18,22H,4-6,11-13,31H2,1-3H3/t22-/m0/s1. The van der Waals surface area contributed by atoms with Gasteiger partial charge in [-0.1, -0.05) is 6.07 Å². The Bertz CT molecular complexity index is 1350. The van der Waals surface area contributed by atoms with Gasteiger partial charge in [-0.25, -0.2) is 0 Å². The summed E-state index contributed by atoms with van der Waals surface area (Å²) >= 11 is 0. The number of aliphatic imine (C=N–C) groups is 1. The summed E-state index contributed by atoms with van der Waals surface area (Å²) in [5.74, 6) is 2.78. The minimum atomic E-state index is 0.0578. The third kappa shape index (κ3) is 5.40. The fourth-order valence-corrected chi connectivity index (χ4v) is 4.66. The lowest BCUT2D eigenvalue weighted by Crippen LogP contribution is -2.35. The van der Waals surface area contributed by atoms with Crippen molar-refractivity contribution >= 4 is 23.5 Å². The molecule has 192 valence electrons. The van der Waals surface area contributed by atoms with E-state index in [-0.39, 0.29) is 11.9 Å². The fourth-order valence-electron chi connectivity index (χ4n) is 4.66. The second-order valence-corrected chi connectivity index (χ2v) is 9.72. The van der Waals surface area contributed by atoms with Crippen LogP contribution in [0.25, 0.3) is 0 Å². The molecule has 1 amide bonds. The molecule has 1 atom stereocenters. The van der Waals surface area contributed by atoms with E-state index in [0.29, 0.717) is 48.1 Å². The number of fused-ring (bicyclic) bond motifs is 2. The molecule has 0 bridgehead atoms. The van der Waals surface area contributed by atoms with Crippen molar-refractivity contribution in [2.24, 2.45) is 4.99 Å². The molecule has 7 nitrogen and oxygen atoms in total. The molecule has 0 radical (unpaired) electrons. The second-order valence-electron chi connectivity index (χ2n) is 9.72. The van der Waals surface area contributed by atoms with Crippen molar-refractivity contribution in [1.29, 1.82) is 0 Å². The number of rotatable bonds is 8. The van der Waals surface area contributed by atoms with Gasteiger partial charge in [0.15, 0.2) is 5.75 Å². The summed E-state index contributed by atoms with van der Waals surface area (Å²) in [6, 6.07) is 15.3. The van der Waals surface area contributed by atoms with Crippen LogP contribution < -0.4 is 19.9 Å². The molecule has 0 aromatic heterocycles. The number of aryl methyl sites for hydroxylation is 3. The van der Waals surface area contributed by atoms with Crippen LogP contribution in [0.4, 0.5) is 11.4 Å². The zero-order chi connectivity index (χ0) is 25.9. The van der Waals surface area contributed by atoms with Gasteiger partial charge in [0.2, 0.25) is 0 Å². The summed E-state index contributed by atoms with van der Waals surface area (Å²) in [7, 11) is 0. The van der Waals surface area contributed by atoms with Crippen LogP contribution in [0, 0.1) is 20.8 Å². The minimum Gasteiger partial charge on any atom is -0.493 e. The Hall–Kier alpha value is -4.00. The van der Waals surface area contributed by atoms with Crippen LogP contribution in [-0.4, -0.2) is 42.8 Å². The van der Waals surface area contributed by atoms with E-state index in [1.165, 1.54) is 5.56 Å². The molecule has 0 unspecified atom stereocenters. The molecule has 0 aliphatic carbocycles. The molecule has 0 spiro atoms. The Morgan fingerprint density at radius 3 is 2.57 bits per heavy atom. The highest BCUT2D eigenvalue weighted by Gasteiger charge is 2.32. The Kier molecular flexibility index (Phi) is 7.04. The topological polar surface area (TPSA) is 86.4 Å². The molecule has 5 rings (SSSR count). The van der Waals surface area contributed by atoms with E-state index < -0.39 is 0 Å². The quantitative estimate of drug-likeness (QED) is 0.297. The maximum absolute atomic E-state index is 13.0. The molecule has 37 heavy (non-hydrogen) atoms. The normalized spacial score (nSPS) is 16.2. The predicted octanol–water partition coefficient (Wildman–Crippen LogP) is 6.15. The second kappa shape index (κ2) is 10.5. The summed E-state index contributed by atoms with van der Waals surface area (Å²) < 4.78 is 18.0. The Balaban J connectivity index is 1.16. The van der Waals surface area contributed by atoms with Crippen LogP contribution in [0.5, 0.6) is 23.0 Å². The maximum atomic E-state index is 13.0. The molecule has 0 saturated carbocycles. The van der Waals surface area contributed by atoms with Crippen molar-refractivity contribution in [1.82, 2.24) is 4.90 Å². The molecule has 7 heteroatoms. The van der Waals surface area contributed by atoms with Crippen LogP contribution in [0.15, 0.2) is 53.5 Å². The first kappa shape index (κ1) is 24.7. The molecule has 3 aromatic carbocycles. The van der Waals surface area contributed by atoms with E-state index in [1.807, 2.05) is 60.5 Å². The third-order valence-electron chi connectivity index (χ3n) is 6.98. The highest BCUT2D eigenvalue weighted by atomic mass is 16.5. The number of benzene rings is 3. The lowest BCUT2D eigenvalue weighted by molar-refractivity contribution is 0.0774. The van der Waals surface area contributed by atoms with Crippen molar-refractivity contribution in [2.45, 2.75) is 46.1 Å². The van der Waals surface area contributed by atoms with E-state index in [1.54, 1.807) is 6.07 Å². The Morgan fingerprint density at radius 2 is 1.73 bits per heavy atom. The predicted molar refractivity (Wildman–Crippen MR) is 146 cm³/mol. The van der Waals surface area contributed by atoms with Crippen LogP contribution in [0.1, 0.15) is 46.3 Å². The molecular formula is C30H33N3O4. The largest absolute Gasteiger partial charge is 0.493 e. The molecule has 1 fully saturated rings. The first-order valence-electron chi connectivity index (χ1n) is 12.8. The van der Waals surface area contributed by atoms with E-state index in [9.17, 15) is 4.79 Å². The van der Waals surface area contributed by atoms with Gasteiger partial charge in [0, 0.05) is 31.3 Å². The van der Waals surface area contributed by atoms with Gasteiger partial charge in [-0.15, -0.1) is 0 Å². The molecule has 2 N–H and O–H groups in total. The van der Waals surface area contributed by atoms with Crippen molar-refractivity contribution in [3.05, 3.63) is 70.8 Å². The zero-order valence-corrected chi connectivity index (χ0v) is 21.6. The number of nitrogens with zero attached hydrogens (tertiary/aromatic N) is 2. The highest BCUT2D eigenvalue weighted by molar-refractivity contribution is 6.03. The van der Waals surface area contributed by atoms with Gasteiger partial charge < -0.3 is 24.8 Å². The van der Waals surface area contributed by atoms with Gasteiger partial charge in [-0.3, -0.25) is 9.79 Å². The van der Waals surface area contributed by atoms with Gasteiger partial charge in [0.1, 0.15) is 17.2 Å². The van der Waals surface area contributed by atoms with Crippen molar-refractivity contribution < 1.29 is 19.0 Å². The molecule has 2 aliphatic heterocycles. The Morgan fingerprint density at radius 1 is 0.919 bits per heavy atom. The summed E-state index contributed by atoms with van der Waals surface area (Å²) in [5, 5.41) is 0. The summed E-state index contributed by atoms with van der Waals surface area (Å²) in [6.07, 6.45) is 4.58. The van der Waals surface area contributed by atoms with Gasteiger partial charge in [-0.2, -0.15) is 0 Å². The fraction of sp³-hybridized carbons (Fsp3) is 0.333. The number of carbonyl (C=O) groups excluding carboxylic acids is 1. The number of carbonyl (C=O) groups is 1. The summed E-state index contributed by atoms with van der Waals surface area (Å²) in [6.45, 7) is 7.82. The molecule has 2 heterocycles. The van der Waals surface area contributed by atoms with Crippen LogP contribution in [-0.2, 0) is 0 Å². The van der Waals surface area contributed by atoms with Crippen LogP contribution >= 0.6 is 0 Å². The SMILES string of the molecule is Cc1ccc(Oc2cc(OCCCOc3cc4c(cc3C)C(=O)N3CCC[C@H]3C=N4)ccc2N)cc1C. The average molecular weight is 500 g/mol. The molecular weight excluding hydrogens is 466 g/mol. The molecule has 1 saturated heterocycles. The lowest BCUT2D eigenvalue weighted by Gasteiger charge is -2.20. The average Bonchev–Trinajstić information content (AvgIpc) is 3.31. The summed E-state index contributed by atoms with van der Waals surface area (Å²) in [5.41, 5.74) is 11.3. The number of nitrogens with two attached hydrogens (primary N) is 1. The maximum Gasteiger partial charge on any atom is 0.256 e. The molecule has 2 aliphatic rings. The van der Waals surface area contributed by atoms with Gasteiger partial charge in [0.05, 0.1) is 36.2 Å². The zero-order valence-electron chi connectivity index (χ0n) is 21.6. The highest BCUT2D eigenvalue weighted by Crippen LogP contribution is 2.34. The molecule has 3 aromatic rings.